The van der Waals surface area contributed by atoms with Crippen LogP contribution in [0, 0.1) is 11.8 Å². The third-order valence-corrected chi connectivity index (χ3v) is 2.61. The van der Waals surface area contributed by atoms with E-state index in [1.807, 2.05) is 12.1 Å². The van der Waals surface area contributed by atoms with Crippen LogP contribution in [0.2, 0.25) is 5.02 Å². The summed E-state index contributed by atoms with van der Waals surface area (Å²) < 4.78 is 6.17. The first-order chi connectivity index (χ1) is 6.24. The first-order valence-electron chi connectivity index (χ1n) is 3.71. The summed E-state index contributed by atoms with van der Waals surface area (Å²) in [4.78, 5) is 0. The molecule has 0 fully saturated rings. The van der Waals surface area contributed by atoms with Crippen LogP contribution >= 0.6 is 27.5 Å². The smallest absolute Gasteiger partial charge is 0.149 e. The van der Waals surface area contributed by atoms with Crippen molar-refractivity contribution in [2.45, 2.75) is 6.92 Å². The van der Waals surface area contributed by atoms with E-state index >= 15 is 0 Å². The molecule has 0 aliphatic carbocycles. The van der Waals surface area contributed by atoms with E-state index in [2.05, 4.69) is 27.8 Å². The Hall–Kier alpha value is -0.650. The molecule has 0 amide bonds. The molecule has 0 bridgehead atoms. The molecule has 1 aromatic rings. The van der Waals surface area contributed by atoms with Crippen molar-refractivity contribution in [3.63, 3.8) is 0 Å². The summed E-state index contributed by atoms with van der Waals surface area (Å²) in [5.41, 5.74) is 0. The maximum absolute atomic E-state index is 5.86. The fraction of sp³-hybridized carbons (Fsp3) is 0.200. The Labute approximate surface area is 91.2 Å². The molecule has 0 aliphatic rings. The Bertz CT molecular complexity index is 352. The zero-order chi connectivity index (χ0) is 9.68. The molecule has 3 heteroatoms. The Morgan fingerprint density at radius 1 is 1.54 bits per heavy atom. The lowest BCUT2D eigenvalue weighted by Gasteiger charge is -2.02. The van der Waals surface area contributed by atoms with Crippen LogP contribution < -0.4 is 4.74 Å². The summed E-state index contributed by atoms with van der Waals surface area (Å²) in [5, 5.41) is 0.641. The molecule has 68 valence electrons. The van der Waals surface area contributed by atoms with E-state index in [1.54, 1.807) is 13.0 Å². The van der Waals surface area contributed by atoms with Gasteiger partial charge in [0.15, 0.2) is 0 Å². The Kier molecular flexibility index (Phi) is 4.14. The maximum atomic E-state index is 5.86. The molecule has 0 N–H and O–H groups in total. The zero-order valence-corrected chi connectivity index (χ0v) is 9.45. The van der Waals surface area contributed by atoms with Gasteiger partial charge in [0.05, 0.1) is 5.02 Å². The highest BCUT2D eigenvalue weighted by Crippen LogP contribution is 2.26. The van der Waals surface area contributed by atoms with E-state index < -0.39 is 0 Å². The number of rotatable bonds is 2. The lowest BCUT2D eigenvalue weighted by molar-refractivity contribution is 0.370. The average Bonchev–Trinajstić information content (AvgIpc) is 2.12. The second kappa shape index (κ2) is 5.16. The van der Waals surface area contributed by atoms with Crippen LogP contribution in [0.25, 0.3) is 0 Å². The van der Waals surface area contributed by atoms with Gasteiger partial charge in [-0.3, -0.25) is 0 Å². The molecule has 0 saturated carbocycles. The fourth-order valence-corrected chi connectivity index (χ4v) is 1.18. The van der Waals surface area contributed by atoms with Gasteiger partial charge >= 0.3 is 0 Å². The Morgan fingerprint density at radius 3 is 2.92 bits per heavy atom. The summed E-state index contributed by atoms with van der Waals surface area (Å²) in [6, 6.07) is 5.44. The maximum Gasteiger partial charge on any atom is 0.149 e. The summed E-state index contributed by atoms with van der Waals surface area (Å²) in [6.45, 7) is 2.17. The van der Waals surface area contributed by atoms with Gasteiger partial charge in [-0.25, -0.2) is 0 Å². The van der Waals surface area contributed by atoms with Crippen molar-refractivity contribution in [2.24, 2.45) is 0 Å². The topological polar surface area (TPSA) is 9.23 Å². The molecule has 0 heterocycles. The van der Waals surface area contributed by atoms with E-state index in [-0.39, 0.29) is 0 Å². The zero-order valence-electron chi connectivity index (χ0n) is 7.10. The van der Waals surface area contributed by atoms with Crippen LogP contribution in [0.1, 0.15) is 6.92 Å². The van der Waals surface area contributed by atoms with Crippen LogP contribution in [0.5, 0.6) is 5.75 Å². The van der Waals surface area contributed by atoms with Crippen LogP contribution in [0.15, 0.2) is 22.7 Å². The normalized spacial score (nSPS) is 8.85. The molecular weight excluding hydrogens is 251 g/mol. The first kappa shape index (κ1) is 10.4. The number of hydrogen-bond donors (Lipinski definition) is 0. The minimum atomic E-state index is 0.397. The molecule has 0 radical (unpaired) electrons. The molecule has 1 rings (SSSR count). The van der Waals surface area contributed by atoms with E-state index in [0.717, 1.165) is 10.2 Å². The van der Waals surface area contributed by atoms with Crippen molar-refractivity contribution < 1.29 is 4.74 Å². The van der Waals surface area contributed by atoms with Gasteiger partial charge in [-0.1, -0.05) is 17.5 Å². The average molecular weight is 260 g/mol. The van der Waals surface area contributed by atoms with Crippen molar-refractivity contribution in [1.82, 2.24) is 0 Å². The Balaban J connectivity index is 2.66. The van der Waals surface area contributed by atoms with Crippen LogP contribution in [-0.4, -0.2) is 6.61 Å². The van der Waals surface area contributed by atoms with Crippen LogP contribution in [0.4, 0.5) is 0 Å². The first-order valence-corrected chi connectivity index (χ1v) is 4.88. The van der Waals surface area contributed by atoms with Crippen molar-refractivity contribution in [3.05, 3.63) is 27.7 Å². The number of benzene rings is 1. The van der Waals surface area contributed by atoms with Gasteiger partial charge < -0.3 is 4.74 Å². The van der Waals surface area contributed by atoms with Crippen molar-refractivity contribution in [2.75, 3.05) is 6.61 Å². The van der Waals surface area contributed by atoms with Gasteiger partial charge in [0.2, 0.25) is 0 Å². The molecule has 0 aromatic heterocycles. The van der Waals surface area contributed by atoms with Crippen molar-refractivity contribution in [1.29, 1.82) is 0 Å². The highest BCUT2D eigenvalue weighted by atomic mass is 79.9. The summed E-state index contributed by atoms with van der Waals surface area (Å²) in [6.07, 6.45) is 0. The third-order valence-electron chi connectivity index (χ3n) is 1.38. The highest BCUT2D eigenvalue weighted by molar-refractivity contribution is 9.10. The molecule has 0 unspecified atom stereocenters. The quantitative estimate of drug-likeness (QED) is 0.739. The summed E-state index contributed by atoms with van der Waals surface area (Å²) in [5.74, 6) is 6.28. The highest BCUT2D eigenvalue weighted by Gasteiger charge is 1.98. The minimum absolute atomic E-state index is 0.397. The van der Waals surface area contributed by atoms with E-state index in [1.165, 1.54) is 0 Å². The molecule has 0 saturated heterocycles. The second-order valence-electron chi connectivity index (χ2n) is 2.29. The summed E-state index contributed by atoms with van der Waals surface area (Å²) >= 11 is 9.16. The SMILES string of the molecule is CC#CCOc1ccc(Br)c(Cl)c1. The van der Waals surface area contributed by atoms with Gasteiger partial charge in [0.25, 0.3) is 0 Å². The molecule has 13 heavy (non-hydrogen) atoms. The number of ether oxygens (including phenoxy) is 1. The minimum Gasteiger partial charge on any atom is -0.481 e. The molecular formula is C10H8BrClO. The van der Waals surface area contributed by atoms with Crippen molar-refractivity contribution in [3.8, 4) is 17.6 Å². The van der Waals surface area contributed by atoms with Gasteiger partial charge in [-0.15, -0.1) is 5.92 Å². The van der Waals surface area contributed by atoms with E-state index in [0.29, 0.717) is 11.6 Å². The standard InChI is InChI=1S/C10H8BrClO/c1-2-3-6-13-8-4-5-9(11)10(12)7-8/h4-5,7H,6H2,1H3. The third kappa shape index (κ3) is 3.30. The fourth-order valence-electron chi connectivity index (χ4n) is 0.758. The van der Waals surface area contributed by atoms with Gasteiger partial charge in [-0.05, 0) is 41.1 Å². The second-order valence-corrected chi connectivity index (χ2v) is 3.55. The Morgan fingerprint density at radius 2 is 2.31 bits per heavy atom. The summed E-state index contributed by atoms with van der Waals surface area (Å²) in [7, 11) is 0. The lowest BCUT2D eigenvalue weighted by Crippen LogP contribution is -1.93. The van der Waals surface area contributed by atoms with Crippen molar-refractivity contribution >= 4 is 27.5 Å². The predicted molar refractivity (Wildman–Crippen MR) is 58.1 cm³/mol. The van der Waals surface area contributed by atoms with E-state index in [4.69, 9.17) is 16.3 Å². The molecule has 0 aliphatic heterocycles. The number of halogens is 2. The van der Waals surface area contributed by atoms with Crippen LogP contribution in [-0.2, 0) is 0 Å². The lowest BCUT2D eigenvalue weighted by atomic mass is 10.3. The largest absolute Gasteiger partial charge is 0.481 e. The molecule has 1 aromatic carbocycles. The van der Waals surface area contributed by atoms with Gasteiger partial charge in [0.1, 0.15) is 12.4 Å². The number of hydrogen-bond acceptors (Lipinski definition) is 1. The van der Waals surface area contributed by atoms with E-state index in [9.17, 15) is 0 Å². The van der Waals surface area contributed by atoms with Crippen LogP contribution in [0.3, 0.4) is 0 Å². The molecule has 0 atom stereocenters. The van der Waals surface area contributed by atoms with Gasteiger partial charge in [0, 0.05) is 4.47 Å². The molecule has 1 nitrogen and oxygen atoms in total. The molecule has 0 spiro atoms. The predicted octanol–water partition coefficient (Wildman–Crippen LogP) is 3.50. The van der Waals surface area contributed by atoms with Gasteiger partial charge in [-0.2, -0.15) is 0 Å². The monoisotopic (exact) mass is 258 g/mol.